The van der Waals surface area contributed by atoms with E-state index >= 15 is 0 Å². The number of hydrogen-bond donors (Lipinski definition) is 1. The molecular formula is C32H29N5O3S. The summed E-state index contributed by atoms with van der Waals surface area (Å²) in [6, 6.07) is 25.6. The first-order chi connectivity index (χ1) is 20.0. The number of aliphatic imine (C=N–C) groups is 1. The number of benzene rings is 3. The summed E-state index contributed by atoms with van der Waals surface area (Å²) >= 11 is 1.25. The van der Waals surface area contributed by atoms with Gasteiger partial charge in [0.05, 0.1) is 12.2 Å². The number of hydrogen-bond acceptors (Lipinski definition) is 6. The van der Waals surface area contributed by atoms with Crippen LogP contribution in [0.25, 0.3) is 17.0 Å². The minimum Gasteiger partial charge on any atom is -0.494 e. The zero-order valence-electron chi connectivity index (χ0n) is 22.8. The van der Waals surface area contributed by atoms with Gasteiger partial charge in [-0.2, -0.15) is 15.1 Å². The van der Waals surface area contributed by atoms with Crippen molar-refractivity contribution in [3.05, 3.63) is 101 Å². The fourth-order valence-electron chi connectivity index (χ4n) is 4.92. The van der Waals surface area contributed by atoms with E-state index in [9.17, 15) is 4.79 Å². The van der Waals surface area contributed by atoms with Crippen LogP contribution in [0.3, 0.4) is 0 Å². The molecule has 41 heavy (non-hydrogen) atoms. The van der Waals surface area contributed by atoms with E-state index in [1.807, 2.05) is 67.6 Å². The molecule has 0 unspecified atom stereocenters. The minimum atomic E-state index is -0.446. The van der Waals surface area contributed by atoms with E-state index in [4.69, 9.17) is 14.9 Å². The summed E-state index contributed by atoms with van der Waals surface area (Å²) in [6.45, 7) is 5.68. The first-order valence-corrected chi connectivity index (χ1v) is 14.2. The van der Waals surface area contributed by atoms with Gasteiger partial charge in [-0.3, -0.25) is 10.2 Å². The lowest BCUT2D eigenvalue weighted by Crippen LogP contribution is -2.35. The molecule has 1 N–H and O–H groups in total. The zero-order chi connectivity index (χ0) is 28.3. The number of aromatic nitrogens is 1. The highest BCUT2D eigenvalue weighted by molar-refractivity contribution is 8.27. The Bertz CT molecular complexity index is 1720. The highest BCUT2D eigenvalue weighted by atomic mass is 32.2. The molecule has 8 nitrogen and oxygen atoms in total. The van der Waals surface area contributed by atoms with Gasteiger partial charge in [-0.05, 0) is 74.5 Å². The second-order valence-corrected chi connectivity index (χ2v) is 10.8. The van der Waals surface area contributed by atoms with Gasteiger partial charge < -0.3 is 14.0 Å². The predicted molar refractivity (Wildman–Crippen MR) is 165 cm³/mol. The summed E-state index contributed by atoms with van der Waals surface area (Å²) in [6.07, 6.45) is 2.61. The van der Waals surface area contributed by atoms with Gasteiger partial charge in [-0.25, -0.2) is 0 Å². The Morgan fingerprint density at radius 3 is 2.39 bits per heavy atom. The van der Waals surface area contributed by atoms with E-state index in [0.717, 1.165) is 52.2 Å². The molecule has 3 heterocycles. The lowest BCUT2D eigenvalue weighted by atomic mass is 10.0. The molecule has 0 atom stereocenters. The fraction of sp³-hybridized carbons (Fsp3) is 0.188. The molecule has 3 aromatic carbocycles. The standard InChI is InChI=1S/C32H29N5O3S/c1-21-14-15-28-26(18-21)25(22(2)36(28)16-9-17-39-23-10-5-3-6-11-23)19-27-30(33)37-32(34-31(27)38)41-29(35-37)20-40-24-12-7-4-8-13-24/h3-8,10-15,18-19,33H,9,16-17,20H2,1-2H3/b27-19-,33-30?. The number of ether oxygens (including phenoxy) is 2. The molecule has 0 fully saturated rings. The Kier molecular flexibility index (Phi) is 7.43. The molecule has 2 aliphatic rings. The van der Waals surface area contributed by atoms with Gasteiger partial charge in [0.1, 0.15) is 23.1 Å². The average molecular weight is 564 g/mol. The molecular weight excluding hydrogens is 534 g/mol. The first kappa shape index (κ1) is 26.6. The van der Waals surface area contributed by atoms with Crippen molar-refractivity contribution in [1.82, 2.24) is 9.58 Å². The van der Waals surface area contributed by atoms with Gasteiger partial charge in [-0.1, -0.05) is 48.0 Å². The van der Waals surface area contributed by atoms with E-state index in [2.05, 4.69) is 39.8 Å². The lowest BCUT2D eigenvalue weighted by Gasteiger charge is -2.20. The largest absolute Gasteiger partial charge is 0.494 e. The summed E-state index contributed by atoms with van der Waals surface area (Å²) in [7, 11) is 0. The zero-order valence-corrected chi connectivity index (χ0v) is 23.6. The molecule has 0 bridgehead atoms. The molecule has 4 aromatic rings. The van der Waals surface area contributed by atoms with E-state index in [-0.39, 0.29) is 18.0 Å². The quantitative estimate of drug-likeness (QED) is 0.187. The third-order valence-corrected chi connectivity index (χ3v) is 7.84. The number of fused-ring (bicyclic) bond motifs is 2. The van der Waals surface area contributed by atoms with Crippen LogP contribution >= 0.6 is 11.8 Å². The fourth-order valence-corrected chi connectivity index (χ4v) is 5.72. The summed E-state index contributed by atoms with van der Waals surface area (Å²) in [4.78, 5) is 17.4. The van der Waals surface area contributed by atoms with Crippen LogP contribution in [0, 0.1) is 19.3 Å². The van der Waals surface area contributed by atoms with Gasteiger partial charge in [0, 0.05) is 28.7 Å². The number of hydrazone groups is 1. The van der Waals surface area contributed by atoms with E-state index < -0.39 is 5.91 Å². The van der Waals surface area contributed by atoms with E-state index in [0.29, 0.717) is 16.8 Å². The predicted octanol–water partition coefficient (Wildman–Crippen LogP) is 6.43. The number of amides is 1. The van der Waals surface area contributed by atoms with Gasteiger partial charge in [-0.15, -0.1) is 0 Å². The maximum absolute atomic E-state index is 13.2. The van der Waals surface area contributed by atoms with E-state index in [1.54, 1.807) is 6.08 Å². The van der Waals surface area contributed by atoms with Crippen molar-refractivity contribution in [2.45, 2.75) is 26.8 Å². The van der Waals surface area contributed by atoms with Gasteiger partial charge >= 0.3 is 0 Å². The number of nitrogens with one attached hydrogen (secondary N) is 1. The number of nitrogens with zero attached hydrogens (tertiary/aromatic N) is 4. The third-order valence-electron chi connectivity index (χ3n) is 6.96. The highest BCUT2D eigenvalue weighted by Gasteiger charge is 2.36. The molecule has 0 aliphatic carbocycles. The van der Waals surface area contributed by atoms with E-state index in [1.165, 1.54) is 16.8 Å². The number of para-hydroxylation sites is 2. The molecule has 9 heteroatoms. The lowest BCUT2D eigenvalue weighted by molar-refractivity contribution is -0.114. The van der Waals surface area contributed by atoms with Crippen molar-refractivity contribution in [2.75, 3.05) is 13.2 Å². The summed E-state index contributed by atoms with van der Waals surface area (Å²) in [5.41, 5.74) is 4.33. The third kappa shape index (κ3) is 5.53. The highest BCUT2D eigenvalue weighted by Crippen LogP contribution is 2.33. The molecule has 206 valence electrons. The first-order valence-electron chi connectivity index (χ1n) is 13.4. The van der Waals surface area contributed by atoms with Crippen molar-refractivity contribution in [1.29, 1.82) is 5.41 Å². The van der Waals surface area contributed by atoms with Gasteiger partial charge in [0.25, 0.3) is 5.91 Å². The summed E-state index contributed by atoms with van der Waals surface area (Å²) in [5.74, 6) is 1.14. The van der Waals surface area contributed by atoms with Crippen LogP contribution in [0.1, 0.15) is 23.2 Å². The molecule has 0 saturated heterocycles. The average Bonchev–Trinajstić information content (AvgIpc) is 3.51. The van der Waals surface area contributed by atoms with Crippen LogP contribution in [-0.2, 0) is 11.3 Å². The number of carbonyl (C=O) groups is 1. The summed E-state index contributed by atoms with van der Waals surface area (Å²) < 4.78 is 14.0. The van der Waals surface area contributed by atoms with Crippen molar-refractivity contribution < 1.29 is 14.3 Å². The van der Waals surface area contributed by atoms with Crippen molar-refractivity contribution >= 4 is 50.7 Å². The van der Waals surface area contributed by atoms with Crippen LogP contribution in [0.4, 0.5) is 0 Å². The Morgan fingerprint density at radius 1 is 0.951 bits per heavy atom. The molecule has 0 saturated carbocycles. The number of rotatable bonds is 9. The van der Waals surface area contributed by atoms with Crippen LogP contribution in [0.5, 0.6) is 11.5 Å². The van der Waals surface area contributed by atoms with Gasteiger partial charge in [0.15, 0.2) is 5.84 Å². The molecule has 0 spiro atoms. The maximum atomic E-state index is 13.2. The summed E-state index contributed by atoms with van der Waals surface area (Å²) in [5, 5.41) is 16.8. The van der Waals surface area contributed by atoms with Crippen LogP contribution < -0.4 is 9.47 Å². The smallest absolute Gasteiger partial charge is 0.283 e. The number of aryl methyl sites for hydroxylation is 2. The Labute approximate surface area is 242 Å². The molecule has 1 amide bonds. The minimum absolute atomic E-state index is 0.00595. The van der Waals surface area contributed by atoms with Crippen molar-refractivity contribution in [3.63, 3.8) is 0 Å². The Morgan fingerprint density at radius 2 is 1.66 bits per heavy atom. The van der Waals surface area contributed by atoms with Crippen LogP contribution in [-0.4, -0.2) is 44.7 Å². The van der Waals surface area contributed by atoms with Crippen LogP contribution in [0.2, 0.25) is 0 Å². The number of amidine groups is 2. The van der Waals surface area contributed by atoms with Crippen LogP contribution in [0.15, 0.2) is 94.5 Å². The maximum Gasteiger partial charge on any atom is 0.283 e. The normalized spacial score (nSPS) is 15.8. The molecule has 2 aliphatic heterocycles. The molecule has 6 rings (SSSR count). The Hall–Kier alpha value is -4.63. The van der Waals surface area contributed by atoms with Gasteiger partial charge in [0.2, 0.25) is 5.17 Å². The second-order valence-electron chi connectivity index (χ2n) is 9.80. The van der Waals surface area contributed by atoms with Crippen molar-refractivity contribution in [3.8, 4) is 11.5 Å². The number of thioether (sulfide) groups is 1. The monoisotopic (exact) mass is 563 g/mol. The number of carbonyl (C=O) groups excluding carboxylic acids is 1. The van der Waals surface area contributed by atoms with Crippen molar-refractivity contribution in [2.24, 2.45) is 10.1 Å². The SMILES string of the molecule is Cc1ccc2c(c1)c(/C=C1/C(=N)N3N=C(COc4ccccc4)SC3=NC1=O)c(C)n2CCCOc1ccccc1. The second kappa shape index (κ2) is 11.5. The Balaban J connectivity index is 1.25. The topological polar surface area (TPSA) is 92.3 Å². The molecule has 0 radical (unpaired) electrons. The molecule has 1 aromatic heterocycles.